The molecule has 0 aliphatic carbocycles. The number of nitrogens with one attached hydrogen (secondary N) is 1. The zero-order valence-corrected chi connectivity index (χ0v) is 21.9. The van der Waals surface area contributed by atoms with Crippen LogP contribution in [0.4, 0.5) is 4.39 Å². The van der Waals surface area contributed by atoms with Gasteiger partial charge in [-0.2, -0.15) is 0 Å². The van der Waals surface area contributed by atoms with Crippen molar-refractivity contribution in [3.8, 4) is 5.75 Å². The lowest BCUT2D eigenvalue weighted by Crippen LogP contribution is -2.47. The fraction of sp³-hybridized carbons (Fsp3) is 0.583. The van der Waals surface area contributed by atoms with Gasteiger partial charge >= 0.3 is 5.69 Å². The van der Waals surface area contributed by atoms with Crippen molar-refractivity contribution >= 4 is 8.32 Å². The average Bonchev–Trinajstić information content (AvgIpc) is 3.00. The Kier molecular flexibility index (Phi) is 7.56. The highest BCUT2D eigenvalue weighted by molar-refractivity contribution is 6.74. The summed E-state index contributed by atoms with van der Waals surface area (Å²) < 4.78 is 40.9. The summed E-state index contributed by atoms with van der Waals surface area (Å²) in [5, 5.41) is -0.0423. The molecule has 1 aromatic heterocycles. The van der Waals surface area contributed by atoms with Crippen LogP contribution in [-0.2, 0) is 20.5 Å². The Labute approximate surface area is 200 Å². The topological polar surface area (TPSA) is 91.8 Å². The maximum Gasteiger partial charge on any atom is 0.330 e. The Hall–Kier alpha value is -2.27. The van der Waals surface area contributed by atoms with Crippen LogP contribution in [-0.4, -0.2) is 49.5 Å². The molecule has 0 saturated carbocycles. The monoisotopic (exact) mass is 494 g/mol. The van der Waals surface area contributed by atoms with Gasteiger partial charge in [-0.1, -0.05) is 32.9 Å². The fourth-order valence-electron chi connectivity index (χ4n) is 3.64. The van der Waals surface area contributed by atoms with Gasteiger partial charge in [0.25, 0.3) is 5.56 Å². The van der Waals surface area contributed by atoms with Crippen molar-refractivity contribution in [2.75, 3.05) is 13.7 Å². The number of hydrogen-bond donors (Lipinski definition) is 1. The molecule has 1 saturated heterocycles. The van der Waals surface area contributed by atoms with Gasteiger partial charge in [0.05, 0.1) is 20.3 Å². The summed E-state index contributed by atoms with van der Waals surface area (Å²) in [5.74, 6) is 0.710. The Balaban J connectivity index is 1.87. The molecule has 1 N–H and O–H groups in total. The number of aromatic amines is 1. The highest BCUT2D eigenvalue weighted by Crippen LogP contribution is 2.44. The maximum absolute atomic E-state index is 16.3. The molecule has 1 aromatic carbocycles. The molecule has 188 valence electrons. The normalized spacial score (nSPS) is 25.5. The van der Waals surface area contributed by atoms with Gasteiger partial charge in [0.15, 0.2) is 20.2 Å². The third-order valence-corrected chi connectivity index (χ3v) is 11.3. The SMILES string of the molecule is COc1ccc(CO[C@@H]2[C@@H](CO[Si](C)(C)C(C)(C)C)O[C@@H](n3ccc(=O)[nH]c3=O)[C@]2(C)F)cc1. The van der Waals surface area contributed by atoms with E-state index in [0.717, 1.165) is 16.2 Å². The molecule has 2 heterocycles. The van der Waals surface area contributed by atoms with Gasteiger partial charge in [0.1, 0.15) is 18.0 Å². The van der Waals surface area contributed by atoms with Crippen molar-refractivity contribution in [2.24, 2.45) is 0 Å². The van der Waals surface area contributed by atoms with Crippen molar-refractivity contribution < 1.29 is 23.0 Å². The van der Waals surface area contributed by atoms with Crippen LogP contribution < -0.4 is 16.0 Å². The minimum atomic E-state index is -2.15. The molecule has 3 rings (SSSR count). The van der Waals surface area contributed by atoms with Crippen LogP contribution in [0.2, 0.25) is 18.1 Å². The van der Waals surface area contributed by atoms with Crippen LogP contribution >= 0.6 is 0 Å². The largest absolute Gasteiger partial charge is 0.497 e. The Morgan fingerprint density at radius 1 is 1.18 bits per heavy atom. The number of nitrogens with zero attached hydrogens (tertiary/aromatic N) is 1. The van der Waals surface area contributed by atoms with Crippen molar-refractivity contribution in [2.45, 2.75) is 76.5 Å². The van der Waals surface area contributed by atoms with Crippen LogP contribution in [0.3, 0.4) is 0 Å². The first-order valence-electron chi connectivity index (χ1n) is 11.3. The minimum absolute atomic E-state index is 0.0423. The minimum Gasteiger partial charge on any atom is -0.497 e. The molecule has 2 aromatic rings. The van der Waals surface area contributed by atoms with Crippen LogP contribution in [0, 0.1) is 0 Å². The Morgan fingerprint density at radius 3 is 2.38 bits per heavy atom. The molecule has 1 aliphatic rings. The predicted molar refractivity (Wildman–Crippen MR) is 129 cm³/mol. The summed E-state index contributed by atoms with van der Waals surface area (Å²) in [7, 11) is -0.568. The number of aromatic nitrogens is 2. The molecule has 1 aliphatic heterocycles. The second kappa shape index (κ2) is 9.77. The molecule has 0 spiro atoms. The predicted octanol–water partition coefficient (Wildman–Crippen LogP) is 3.78. The average molecular weight is 495 g/mol. The summed E-state index contributed by atoms with van der Waals surface area (Å²) in [6.07, 6.45) is -1.82. The Morgan fingerprint density at radius 2 is 1.82 bits per heavy atom. The van der Waals surface area contributed by atoms with E-state index in [0.29, 0.717) is 5.75 Å². The molecule has 0 unspecified atom stereocenters. The molecule has 0 radical (unpaired) electrons. The van der Waals surface area contributed by atoms with Crippen molar-refractivity contribution in [1.29, 1.82) is 0 Å². The van der Waals surface area contributed by atoms with Gasteiger partial charge in [0, 0.05) is 12.3 Å². The van der Waals surface area contributed by atoms with E-state index < -0.39 is 43.7 Å². The number of rotatable bonds is 8. The summed E-state index contributed by atoms with van der Waals surface area (Å²) >= 11 is 0. The van der Waals surface area contributed by atoms with E-state index in [-0.39, 0.29) is 18.3 Å². The highest BCUT2D eigenvalue weighted by atomic mass is 28.4. The third kappa shape index (κ3) is 5.51. The van der Waals surface area contributed by atoms with E-state index in [4.69, 9.17) is 18.6 Å². The zero-order chi connectivity index (χ0) is 25.3. The first kappa shape index (κ1) is 26.3. The van der Waals surface area contributed by atoms with Crippen LogP contribution in [0.15, 0.2) is 46.1 Å². The maximum atomic E-state index is 16.3. The van der Waals surface area contributed by atoms with Gasteiger partial charge in [0.2, 0.25) is 0 Å². The number of H-pyrrole nitrogens is 1. The zero-order valence-electron chi connectivity index (χ0n) is 20.9. The van der Waals surface area contributed by atoms with Crippen LogP contribution in [0.1, 0.15) is 39.5 Å². The molecule has 10 heteroatoms. The van der Waals surface area contributed by atoms with E-state index in [9.17, 15) is 9.59 Å². The number of benzene rings is 1. The second-order valence-electron chi connectivity index (χ2n) is 10.3. The molecule has 4 atom stereocenters. The number of hydrogen-bond acceptors (Lipinski definition) is 6. The molecule has 1 fully saturated rings. The van der Waals surface area contributed by atoms with Gasteiger partial charge in [-0.25, -0.2) is 9.18 Å². The quantitative estimate of drug-likeness (QED) is 0.562. The van der Waals surface area contributed by atoms with Crippen molar-refractivity contribution in [3.63, 3.8) is 0 Å². The highest BCUT2D eigenvalue weighted by Gasteiger charge is 2.57. The summed E-state index contributed by atoms with van der Waals surface area (Å²) in [6.45, 7) is 12.2. The molecular weight excluding hydrogens is 459 g/mol. The molecule has 34 heavy (non-hydrogen) atoms. The van der Waals surface area contributed by atoms with E-state index in [1.165, 1.54) is 13.1 Å². The van der Waals surface area contributed by atoms with E-state index in [1.54, 1.807) is 19.2 Å². The lowest BCUT2D eigenvalue weighted by atomic mass is 9.98. The lowest BCUT2D eigenvalue weighted by molar-refractivity contribution is -0.0659. The molecule has 0 bridgehead atoms. The molecule has 0 amide bonds. The first-order valence-corrected chi connectivity index (χ1v) is 14.2. The lowest BCUT2D eigenvalue weighted by Gasteiger charge is -2.37. The van der Waals surface area contributed by atoms with Gasteiger partial charge in [-0.15, -0.1) is 0 Å². The molecular formula is C24H35FN2O6Si. The molecule has 8 nitrogen and oxygen atoms in total. The summed E-state index contributed by atoms with van der Waals surface area (Å²) in [4.78, 5) is 26.1. The second-order valence-corrected chi connectivity index (χ2v) is 15.2. The fourth-order valence-corrected chi connectivity index (χ4v) is 4.65. The van der Waals surface area contributed by atoms with Crippen LogP contribution in [0.25, 0.3) is 0 Å². The van der Waals surface area contributed by atoms with Crippen LogP contribution in [0.5, 0.6) is 5.75 Å². The summed E-state index contributed by atoms with van der Waals surface area (Å²) in [5.41, 5.74) is -2.55. The third-order valence-electron chi connectivity index (χ3n) is 6.79. The number of halogens is 1. The number of alkyl halides is 1. The smallest absolute Gasteiger partial charge is 0.330 e. The van der Waals surface area contributed by atoms with Gasteiger partial charge < -0.3 is 18.6 Å². The van der Waals surface area contributed by atoms with E-state index in [2.05, 4.69) is 38.8 Å². The first-order chi connectivity index (χ1) is 15.8. The van der Waals surface area contributed by atoms with Gasteiger partial charge in [-0.3, -0.25) is 14.3 Å². The van der Waals surface area contributed by atoms with Gasteiger partial charge in [-0.05, 0) is 42.8 Å². The number of methoxy groups -OCH3 is 1. The van der Waals surface area contributed by atoms with E-state index in [1.807, 2.05) is 12.1 Å². The number of ether oxygens (including phenoxy) is 3. The van der Waals surface area contributed by atoms with Crippen molar-refractivity contribution in [1.82, 2.24) is 9.55 Å². The Bertz CT molecular complexity index is 1090. The summed E-state index contributed by atoms with van der Waals surface area (Å²) in [6, 6.07) is 8.45. The van der Waals surface area contributed by atoms with Crippen molar-refractivity contribution in [3.05, 3.63) is 62.9 Å². The standard InChI is InChI=1S/C24H35FN2O6Si/c1-23(2,3)34(6,7)32-15-18-20(31-14-16-8-10-17(30-5)11-9-16)24(4,25)21(33-18)27-13-12-19(28)26-22(27)29/h8-13,18,20-21H,14-15H2,1-7H3,(H,26,28,29)/t18-,20-,21-,24-/m1/s1. The van der Waals surface area contributed by atoms with E-state index >= 15 is 4.39 Å².